The SMILES string of the molecule is CC(C)ON(CC(O)C(Cc1ccccc1)NC(=O)OC(C)(C)C)S(=O)(=O)c1cccc(N)c1. The summed E-state index contributed by atoms with van der Waals surface area (Å²) in [5.41, 5.74) is 6.14. The van der Waals surface area contributed by atoms with E-state index < -0.39 is 46.5 Å². The number of aliphatic hydroxyl groups is 1. The largest absolute Gasteiger partial charge is 0.444 e. The molecule has 1 amide bonds. The summed E-state index contributed by atoms with van der Waals surface area (Å²) in [7, 11) is -4.15. The van der Waals surface area contributed by atoms with E-state index in [1.54, 1.807) is 40.7 Å². The van der Waals surface area contributed by atoms with Gasteiger partial charge in [-0.2, -0.15) is 0 Å². The molecule has 10 heteroatoms. The molecule has 0 bridgehead atoms. The van der Waals surface area contributed by atoms with Crippen LogP contribution in [0.15, 0.2) is 59.5 Å². The van der Waals surface area contributed by atoms with Gasteiger partial charge in [0.1, 0.15) is 5.60 Å². The highest BCUT2D eigenvalue weighted by Crippen LogP contribution is 2.21. The number of nitrogens with one attached hydrogen (secondary N) is 1. The lowest BCUT2D eigenvalue weighted by Gasteiger charge is -2.30. The van der Waals surface area contributed by atoms with E-state index in [0.29, 0.717) is 0 Å². The van der Waals surface area contributed by atoms with Crippen LogP contribution in [0.3, 0.4) is 0 Å². The molecule has 4 N–H and O–H groups in total. The molecule has 0 spiro atoms. The Bertz CT molecular complexity index is 1040. The Labute approximate surface area is 201 Å². The lowest BCUT2D eigenvalue weighted by Crippen LogP contribution is -2.51. The van der Waals surface area contributed by atoms with Gasteiger partial charge in [0, 0.05) is 5.69 Å². The molecule has 2 aromatic rings. The molecule has 2 aromatic carbocycles. The van der Waals surface area contributed by atoms with Crippen LogP contribution in [0.25, 0.3) is 0 Å². The highest BCUT2D eigenvalue weighted by molar-refractivity contribution is 7.89. The number of nitrogens with zero attached hydrogens (tertiary/aromatic N) is 1. The minimum Gasteiger partial charge on any atom is -0.444 e. The standard InChI is InChI=1S/C24H35N3O6S/c1-17(2)33-27(34(30,31)20-13-9-12-19(25)15-20)16-22(28)21(14-18-10-7-6-8-11-18)26-23(29)32-24(3,4)5/h6-13,15,17,21-22,28H,14,16,25H2,1-5H3,(H,26,29). The lowest BCUT2D eigenvalue weighted by atomic mass is 10.0. The van der Waals surface area contributed by atoms with Gasteiger partial charge in [-0.1, -0.05) is 40.9 Å². The van der Waals surface area contributed by atoms with E-state index in [1.165, 1.54) is 18.2 Å². The summed E-state index contributed by atoms with van der Waals surface area (Å²) in [5.74, 6) is 0. The van der Waals surface area contributed by atoms with Crippen molar-refractivity contribution in [1.29, 1.82) is 0 Å². The maximum Gasteiger partial charge on any atom is 0.407 e. The van der Waals surface area contributed by atoms with Crippen LogP contribution in [0, 0.1) is 0 Å². The molecule has 0 fully saturated rings. The van der Waals surface area contributed by atoms with Crippen molar-refractivity contribution in [3.05, 3.63) is 60.2 Å². The van der Waals surface area contributed by atoms with Gasteiger partial charge in [-0.15, -0.1) is 0 Å². The number of hydrogen-bond acceptors (Lipinski definition) is 7. The predicted octanol–water partition coefficient (Wildman–Crippen LogP) is 3.10. The van der Waals surface area contributed by atoms with Gasteiger partial charge in [0.2, 0.25) is 0 Å². The molecular formula is C24H35N3O6S. The Morgan fingerprint density at radius 2 is 1.76 bits per heavy atom. The quantitative estimate of drug-likeness (QED) is 0.342. The van der Waals surface area contributed by atoms with Gasteiger partial charge in [0.15, 0.2) is 0 Å². The second-order valence-electron chi connectivity index (χ2n) is 9.23. The first-order valence-electron chi connectivity index (χ1n) is 11.0. The number of carbonyl (C=O) groups excluding carboxylic acids is 1. The predicted molar refractivity (Wildman–Crippen MR) is 130 cm³/mol. The maximum atomic E-state index is 13.3. The van der Waals surface area contributed by atoms with Crippen LogP contribution in [0.1, 0.15) is 40.2 Å². The molecule has 2 unspecified atom stereocenters. The Kier molecular flexibility index (Phi) is 9.45. The van der Waals surface area contributed by atoms with Crippen molar-refractivity contribution in [1.82, 2.24) is 9.79 Å². The van der Waals surface area contributed by atoms with E-state index in [9.17, 15) is 18.3 Å². The van der Waals surface area contributed by atoms with Crippen molar-refractivity contribution in [3.8, 4) is 0 Å². The number of rotatable bonds is 10. The van der Waals surface area contributed by atoms with E-state index >= 15 is 0 Å². The third-order valence-corrected chi connectivity index (χ3v) is 6.17. The summed E-state index contributed by atoms with van der Waals surface area (Å²) in [6.45, 7) is 8.11. The molecule has 0 aromatic heterocycles. The van der Waals surface area contributed by atoms with Gasteiger partial charge >= 0.3 is 6.09 Å². The maximum absolute atomic E-state index is 13.3. The third kappa shape index (κ3) is 8.60. The Morgan fingerprint density at radius 3 is 2.32 bits per heavy atom. The van der Waals surface area contributed by atoms with Crippen LogP contribution in [-0.4, -0.2) is 54.5 Å². The Morgan fingerprint density at radius 1 is 1.12 bits per heavy atom. The normalized spacial score (nSPS) is 14.1. The van der Waals surface area contributed by atoms with Crippen LogP contribution in [0.4, 0.5) is 10.5 Å². The topological polar surface area (TPSA) is 131 Å². The first-order valence-corrected chi connectivity index (χ1v) is 12.5. The molecule has 2 rings (SSSR count). The number of anilines is 1. The number of alkyl carbamates (subject to hydrolysis) is 1. The van der Waals surface area contributed by atoms with Crippen LogP contribution in [-0.2, 0) is 26.0 Å². The molecule has 0 aliphatic heterocycles. The molecule has 0 heterocycles. The van der Waals surface area contributed by atoms with Crippen molar-refractivity contribution in [2.75, 3.05) is 12.3 Å². The third-order valence-electron chi connectivity index (χ3n) is 4.55. The van der Waals surface area contributed by atoms with Gasteiger partial charge in [-0.3, -0.25) is 4.84 Å². The number of aliphatic hydroxyl groups excluding tert-OH is 1. The van der Waals surface area contributed by atoms with Crippen LogP contribution in [0.5, 0.6) is 0 Å². The van der Waals surface area contributed by atoms with E-state index in [4.69, 9.17) is 15.3 Å². The lowest BCUT2D eigenvalue weighted by molar-refractivity contribution is -0.136. The molecule has 0 saturated heterocycles. The Balaban J connectivity index is 2.31. The minimum absolute atomic E-state index is 0.0694. The zero-order valence-electron chi connectivity index (χ0n) is 20.3. The molecule has 2 atom stereocenters. The number of ether oxygens (including phenoxy) is 1. The van der Waals surface area contributed by atoms with E-state index in [-0.39, 0.29) is 17.0 Å². The van der Waals surface area contributed by atoms with E-state index in [0.717, 1.165) is 10.0 Å². The highest BCUT2D eigenvalue weighted by Gasteiger charge is 2.33. The molecule has 9 nitrogen and oxygen atoms in total. The molecule has 0 radical (unpaired) electrons. The average molecular weight is 494 g/mol. The molecular weight excluding hydrogens is 458 g/mol. The van der Waals surface area contributed by atoms with Crippen LogP contribution < -0.4 is 11.1 Å². The Hall–Kier alpha value is -2.66. The second-order valence-corrected chi connectivity index (χ2v) is 11.1. The van der Waals surface area contributed by atoms with Gasteiger partial charge in [-0.05, 0) is 64.8 Å². The molecule has 0 aliphatic carbocycles. The molecule has 0 saturated carbocycles. The first-order chi connectivity index (χ1) is 15.8. The zero-order valence-corrected chi connectivity index (χ0v) is 21.1. The van der Waals surface area contributed by atoms with Gasteiger partial charge in [0.25, 0.3) is 10.0 Å². The smallest absolute Gasteiger partial charge is 0.407 e. The fraction of sp³-hybridized carbons (Fsp3) is 0.458. The van der Waals surface area contributed by atoms with Gasteiger partial charge in [-0.25, -0.2) is 13.2 Å². The number of carbonyl (C=O) groups is 1. The van der Waals surface area contributed by atoms with Gasteiger partial charge < -0.3 is 20.9 Å². The van der Waals surface area contributed by atoms with Crippen molar-refractivity contribution in [3.63, 3.8) is 0 Å². The van der Waals surface area contributed by atoms with Crippen molar-refractivity contribution in [2.24, 2.45) is 0 Å². The number of hydroxylamine groups is 1. The highest BCUT2D eigenvalue weighted by atomic mass is 32.2. The number of nitrogen functional groups attached to an aromatic ring is 1. The second kappa shape index (κ2) is 11.7. The number of nitrogens with two attached hydrogens (primary N) is 1. The average Bonchev–Trinajstić information content (AvgIpc) is 2.71. The summed E-state index contributed by atoms with van der Waals surface area (Å²) in [4.78, 5) is 18.0. The monoisotopic (exact) mass is 493 g/mol. The summed E-state index contributed by atoms with van der Waals surface area (Å²) < 4.78 is 32.6. The molecule has 188 valence electrons. The molecule has 0 aliphatic rings. The van der Waals surface area contributed by atoms with Crippen LogP contribution in [0.2, 0.25) is 0 Å². The van der Waals surface area contributed by atoms with Gasteiger partial charge in [0.05, 0.1) is 29.7 Å². The van der Waals surface area contributed by atoms with Crippen molar-refractivity contribution >= 4 is 21.8 Å². The summed E-state index contributed by atoms with van der Waals surface area (Å²) in [6, 6.07) is 14.2. The summed E-state index contributed by atoms with van der Waals surface area (Å²) in [6.07, 6.45) is -2.28. The minimum atomic E-state index is -4.15. The van der Waals surface area contributed by atoms with Crippen molar-refractivity contribution < 1.29 is 27.9 Å². The number of benzene rings is 2. The fourth-order valence-electron chi connectivity index (χ4n) is 3.12. The van der Waals surface area contributed by atoms with E-state index in [1.807, 2.05) is 30.3 Å². The first kappa shape index (κ1) is 27.6. The number of hydrogen-bond donors (Lipinski definition) is 3. The fourth-order valence-corrected chi connectivity index (χ4v) is 4.52. The van der Waals surface area contributed by atoms with Crippen LogP contribution >= 0.6 is 0 Å². The number of amides is 1. The molecule has 34 heavy (non-hydrogen) atoms. The number of sulfonamides is 1. The summed E-state index contributed by atoms with van der Waals surface area (Å²) >= 11 is 0. The summed E-state index contributed by atoms with van der Waals surface area (Å²) in [5, 5.41) is 13.8. The van der Waals surface area contributed by atoms with E-state index in [2.05, 4.69) is 5.32 Å². The van der Waals surface area contributed by atoms with Crippen molar-refractivity contribution in [2.45, 2.75) is 69.8 Å². The zero-order chi connectivity index (χ0) is 25.5.